The molecular weight excluding hydrogens is 370 g/mol. The summed E-state index contributed by atoms with van der Waals surface area (Å²) in [5, 5.41) is 11.7. The Bertz CT molecular complexity index is 897. The number of hydrogen-bond donors (Lipinski definition) is 1. The van der Waals surface area contributed by atoms with Crippen LogP contribution in [0.2, 0.25) is 0 Å². The van der Waals surface area contributed by atoms with Crippen LogP contribution in [0, 0.1) is 17.2 Å². The highest BCUT2D eigenvalue weighted by atomic mass is 16.5. The van der Waals surface area contributed by atoms with Crippen molar-refractivity contribution in [3.05, 3.63) is 54.1 Å². The first-order valence-electron chi connectivity index (χ1n) is 9.45. The fraction of sp³-hybridized carbons (Fsp3) is 0.318. The lowest BCUT2D eigenvalue weighted by Gasteiger charge is -2.31. The van der Waals surface area contributed by atoms with E-state index in [1.54, 1.807) is 48.4 Å². The SMILES string of the molecule is COc1ccccc1OCC(=O)N1CCC(C(=O)Nc2ccc(C#N)cc2)CC1. The van der Waals surface area contributed by atoms with E-state index in [2.05, 4.69) is 5.32 Å². The van der Waals surface area contributed by atoms with Crippen molar-refractivity contribution in [1.29, 1.82) is 5.26 Å². The molecule has 1 saturated heterocycles. The van der Waals surface area contributed by atoms with E-state index in [0.717, 1.165) is 0 Å². The van der Waals surface area contributed by atoms with Crippen LogP contribution in [-0.4, -0.2) is 43.5 Å². The molecule has 0 unspecified atom stereocenters. The molecule has 2 amide bonds. The smallest absolute Gasteiger partial charge is 0.260 e. The summed E-state index contributed by atoms with van der Waals surface area (Å²) < 4.78 is 10.8. The average Bonchev–Trinajstić information content (AvgIpc) is 2.78. The number of nitriles is 1. The van der Waals surface area contributed by atoms with Crippen LogP contribution in [0.1, 0.15) is 18.4 Å². The van der Waals surface area contributed by atoms with Crippen LogP contribution in [0.5, 0.6) is 11.5 Å². The second kappa shape index (κ2) is 9.60. The summed E-state index contributed by atoms with van der Waals surface area (Å²) in [6.45, 7) is 0.960. The number of likely N-dealkylation sites (tertiary alicyclic amines) is 1. The second-order valence-electron chi connectivity index (χ2n) is 6.77. The van der Waals surface area contributed by atoms with Gasteiger partial charge in [-0.1, -0.05) is 12.1 Å². The number of nitrogens with zero attached hydrogens (tertiary/aromatic N) is 2. The van der Waals surface area contributed by atoms with Crippen LogP contribution in [0.25, 0.3) is 0 Å². The van der Waals surface area contributed by atoms with Crippen molar-refractivity contribution in [2.24, 2.45) is 5.92 Å². The number of para-hydroxylation sites is 2. The number of anilines is 1. The van der Waals surface area contributed by atoms with Gasteiger partial charge in [-0.2, -0.15) is 5.26 Å². The quantitative estimate of drug-likeness (QED) is 0.815. The van der Waals surface area contributed by atoms with E-state index in [4.69, 9.17) is 14.7 Å². The van der Waals surface area contributed by atoms with Crippen LogP contribution in [0.3, 0.4) is 0 Å². The minimum atomic E-state index is -0.148. The molecule has 0 bridgehead atoms. The molecule has 0 saturated carbocycles. The molecule has 7 heteroatoms. The summed E-state index contributed by atoms with van der Waals surface area (Å²) in [4.78, 5) is 26.6. The molecule has 2 aromatic carbocycles. The van der Waals surface area contributed by atoms with Crippen molar-refractivity contribution in [3.63, 3.8) is 0 Å². The van der Waals surface area contributed by atoms with E-state index in [0.29, 0.717) is 48.7 Å². The highest BCUT2D eigenvalue weighted by Crippen LogP contribution is 2.26. The van der Waals surface area contributed by atoms with E-state index in [9.17, 15) is 9.59 Å². The Balaban J connectivity index is 1.46. The zero-order valence-corrected chi connectivity index (χ0v) is 16.3. The van der Waals surface area contributed by atoms with Crippen LogP contribution < -0.4 is 14.8 Å². The molecule has 0 aliphatic carbocycles. The third-order valence-corrected chi connectivity index (χ3v) is 4.92. The third kappa shape index (κ3) is 5.26. The summed E-state index contributed by atoms with van der Waals surface area (Å²) in [6.07, 6.45) is 1.20. The minimum absolute atomic E-state index is 0.0629. The lowest BCUT2D eigenvalue weighted by molar-refractivity contribution is -0.136. The van der Waals surface area contributed by atoms with Gasteiger partial charge in [0.05, 0.1) is 18.7 Å². The molecule has 0 spiro atoms. The summed E-state index contributed by atoms with van der Waals surface area (Å²) in [7, 11) is 1.55. The molecule has 1 N–H and O–H groups in total. The predicted molar refractivity (Wildman–Crippen MR) is 108 cm³/mol. The number of carbonyl (C=O) groups is 2. The zero-order valence-electron chi connectivity index (χ0n) is 16.3. The fourth-order valence-corrected chi connectivity index (χ4v) is 3.23. The molecule has 0 atom stereocenters. The van der Waals surface area contributed by atoms with Crippen LogP contribution in [0.4, 0.5) is 5.69 Å². The Morgan fingerprint density at radius 1 is 1.10 bits per heavy atom. The van der Waals surface area contributed by atoms with Crippen LogP contribution in [0.15, 0.2) is 48.5 Å². The molecule has 29 heavy (non-hydrogen) atoms. The van der Waals surface area contributed by atoms with Crippen molar-refractivity contribution in [3.8, 4) is 17.6 Å². The van der Waals surface area contributed by atoms with Gasteiger partial charge >= 0.3 is 0 Å². The number of nitrogens with one attached hydrogen (secondary N) is 1. The van der Waals surface area contributed by atoms with E-state index >= 15 is 0 Å². The first-order chi connectivity index (χ1) is 14.1. The predicted octanol–water partition coefficient (Wildman–Crippen LogP) is 2.82. The Morgan fingerprint density at radius 3 is 2.38 bits per heavy atom. The Kier molecular flexibility index (Phi) is 6.69. The molecule has 3 rings (SSSR count). The van der Waals surface area contributed by atoms with Crippen molar-refractivity contribution in [2.45, 2.75) is 12.8 Å². The maximum Gasteiger partial charge on any atom is 0.260 e. The van der Waals surface area contributed by atoms with Gasteiger partial charge in [0, 0.05) is 24.7 Å². The molecule has 0 aromatic heterocycles. The molecule has 7 nitrogen and oxygen atoms in total. The zero-order chi connectivity index (χ0) is 20.6. The van der Waals surface area contributed by atoms with Gasteiger partial charge in [-0.15, -0.1) is 0 Å². The summed E-state index contributed by atoms with van der Waals surface area (Å²) in [6, 6.07) is 16.0. The van der Waals surface area contributed by atoms with Crippen molar-refractivity contribution >= 4 is 17.5 Å². The summed E-state index contributed by atoms with van der Waals surface area (Å²) in [5.74, 6) is 0.789. The summed E-state index contributed by atoms with van der Waals surface area (Å²) >= 11 is 0. The van der Waals surface area contributed by atoms with Crippen molar-refractivity contribution in [1.82, 2.24) is 4.90 Å². The number of piperidine rings is 1. The van der Waals surface area contributed by atoms with Gasteiger partial charge in [0.1, 0.15) is 0 Å². The molecule has 1 fully saturated rings. The topological polar surface area (TPSA) is 91.7 Å². The average molecular weight is 393 g/mol. The van der Waals surface area contributed by atoms with Gasteiger partial charge in [-0.25, -0.2) is 0 Å². The van der Waals surface area contributed by atoms with Crippen molar-refractivity contribution in [2.75, 3.05) is 32.1 Å². The number of methoxy groups -OCH3 is 1. The highest BCUT2D eigenvalue weighted by molar-refractivity contribution is 5.92. The van der Waals surface area contributed by atoms with Crippen LogP contribution >= 0.6 is 0 Å². The van der Waals surface area contributed by atoms with Gasteiger partial charge in [0.25, 0.3) is 5.91 Å². The number of amides is 2. The number of rotatable bonds is 6. The van der Waals surface area contributed by atoms with Crippen LogP contribution in [-0.2, 0) is 9.59 Å². The normalized spacial score (nSPS) is 14.0. The maximum atomic E-state index is 12.5. The number of benzene rings is 2. The van der Waals surface area contributed by atoms with E-state index < -0.39 is 0 Å². The standard InChI is InChI=1S/C22H23N3O4/c1-28-19-4-2-3-5-20(19)29-15-21(26)25-12-10-17(11-13-25)22(27)24-18-8-6-16(14-23)7-9-18/h2-9,17H,10-13,15H2,1H3,(H,24,27). The van der Waals surface area contributed by atoms with Gasteiger partial charge in [0.15, 0.2) is 18.1 Å². The van der Waals surface area contributed by atoms with Gasteiger partial charge in [-0.05, 0) is 49.2 Å². The van der Waals surface area contributed by atoms with Gasteiger partial charge in [0.2, 0.25) is 5.91 Å². The minimum Gasteiger partial charge on any atom is -0.493 e. The van der Waals surface area contributed by atoms with Gasteiger partial charge < -0.3 is 19.7 Å². The van der Waals surface area contributed by atoms with Gasteiger partial charge in [-0.3, -0.25) is 9.59 Å². The van der Waals surface area contributed by atoms with E-state index in [-0.39, 0.29) is 24.3 Å². The first kappa shape index (κ1) is 20.2. The highest BCUT2D eigenvalue weighted by Gasteiger charge is 2.27. The molecule has 2 aromatic rings. The lowest BCUT2D eigenvalue weighted by Crippen LogP contribution is -2.43. The molecule has 1 aliphatic heterocycles. The largest absolute Gasteiger partial charge is 0.493 e. The Labute approximate surface area is 169 Å². The fourth-order valence-electron chi connectivity index (χ4n) is 3.23. The van der Waals surface area contributed by atoms with Crippen molar-refractivity contribution < 1.29 is 19.1 Å². The maximum absolute atomic E-state index is 12.5. The van der Waals surface area contributed by atoms with E-state index in [1.807, 2.05) is 18.2 Å². The van der Waals surface area contributed by atoms with E-state index in [1.165, 1.54) is 0 Å². The first-order valence-corrected chi connectivity index (χ1v) is 9.45. The molecule has 0 radical (unpaired) electrons. The lowest BCUT2D eigenvalue weighted by atomic mass is 9.95. The second-order valence-corrected chi connectivity index (χ2v) is 6.77. The Morgan fingerprint density at radius 2 is 1.76 bits per heavy atom. The number of ether oxygens (including phenoxy) is 2. The number of hydrogen-bond acceptors (Lipinski definition) is 5. The molecular formula is C22H23N3O4. The molecule has 1 aliphatic rings. The Hall–Kier alpha value is -3.53. The molecule has 1 heterocycles. The molecule has 150 valence electrons. The third-order valence-electron chi connectivity index (χ3n) is 4.92. The monoisotopic (exact) mass is 393 g/mol. The summed E-state index contributed by atoms with van der Waals surface area (Å²) in [5.41, 5.74) is 1.21. The number of carbonyl (C=O) groups excluding carboxylic acids is 2.